The first kappa shape index (κ1) is 24.0. The van der Waals surface area contributed by atoms with Crippen molar-refractivity contribution in [3.8, 4) is 11.1 Å². The number of aromatic nitrogens is 2. The molecule has 3 heterocycles. The highest BCUT2D eigenvalue weighted by atomic mass is 35.5. The number of amides is 1. The van der Waals surface area contributed by atoms with Gasteiger partial charge in [0.2, 0.25) is 0 Å². The van der Waals surface area contributed by atoms with Crippen molar-refractivity contribution in [2.24, 2.45) is 5.92 Å². The van der Waals surface area contributed by atoms with Gasteiger partial charge in [0.05, 0.1) is 5.56 Å². The van der Waals surface area contributed by atoms with E-state index in [0.717, 1.165) is 6.42 Å². The lowest BCUT2D eigenvalue weighted by molar-refractivity contribution is 0.0981. The van der Waals surface area contributed by atoms with Crippen LogP contribution in [0.15, 0.2) is 59.8 Å². The molecule has 1 aliphatic heterocycles. The number of benzene rings is 1. The second-order valence-electron chi connectivity index (χ2n) is 8.91. The fraction of sp³-hybridized carbons (Fsp3) is 0.292. The maximum Gasteiger partial charge on any atom is 0.281 e. The van der Waals surface area contributed by atoms with Crippen molar-refractivity contribution < 1.29 is 13.2 Å². The zero-order valence-electron chi connectivity index (χ0n) is 19.1. The maximum atomic E-state index is 13.4. The quantitative estimate of drug-likeness (QED) is 0.542. The van der Waals surface area contributed by atoms with Crippen molar-refractivity contribution in [2.45, 2.75) is 37.8 Å². The SMILES string of the molecule is CC1CCN(c2ncc(-c3ccccc3Cl)cc2C(=O)NS(=O)(=O)c2cccc(N)n2)C1(C)C. The van der Waals surface area contributed by atoms with Gasteiger partial charge in [0.15, 0.2) is 5.03 Å². The first-order chi connectivity index (χ1) is 16.0. The summed E-state index contributed by atoms with van der Waals surface area (Å²) in [6.45, 7) is 7.01. The van der Waals surface area contributed by atoms with E-state index in [1.165, 1.54) is 18.2 Å². The van der Waals surface area contributed by atoms with Crippen LogP contribution in [0.5, 0.6) is 0 Å². The fourth-order valence-electron chi connectivity index (χ4n) is 4.10. The highest BCUT2D eigenvalue weighted by Crippen LogP contribution is 2.39. The molecule has 0 radical (unpaired) electrons. The summed E-state index contributed by atoms with van der Waals surface area (Å²) in [7, 11) is -4.26. The van der Waals surface area contributed by atoms with E-state index in [2.05, 4.69) is 35.5 Å². The Hall–Kier alpha value is -3.17. The fourth-order valence-corrected chi connectivity index (χ4v) is 5.29. The summed E-state index contributed by atoms with van der Waals surface area (Å²) in [6, 6.07) is 13.0. The minimum absolute atomic E-state index is 0.0335. The van der Waals surface area contributed by atoms with E-state index in [0.29, 0.717) is 34.4 Å². The Bertz CT molecular complexity index is 1360. The Morgan fingerprint density at radius 2 is 1.94 bits per heavy atom. The lowest BCUT2D eigenvalue weighted by Gasteiger charge is -2.36. The number of carbonyl (C=O) groups excluding carboxylic acids is 1. The molecule has 2 aromatic heterocycles. The largest absolute Gasteiger partial charge is 0.384 e. The normalized spacial score (nSPS) is 17.5. The summed E-state index contributed by atoms with van der Waals surface area (Å²) in [5.74, 6) is -0.00532. The van der Waals surface area contributed by atoms with Crippen molar-refractivity contribution in [2.75, 3.05) is 17.2 Å². The Labute approximate surface area is 204 Å². The van der Waals surface area contributed by atoms with Crippen LogP contribution >= 0.6 is 11.6 Å². The molecule has 0 bridgehead atoms. The van der Waals surface area contributed by atoms with Gasteiger partial charge in [0, 0.05) is 34.4 Å². The number of halogens is 1. The molecule has 1 unspecified atom stereocenters. The lowest BCUT2D eigenvalue weighted by Crippen LogP contribution is -2.43. The molecule has 8 nitrogen and oxygen atoms in total. The standard InChI is InChI=1S/C24H26ClN5O3S/c1-15-11-12-30(24(15,2)3)22-18(13-16(14-27-22)17-7-4-5-8-19(17)25)23(31)29-34(32,33)21-10-6-9-20(26)28-21/h4-10,13-15H,11-12H2,1-3H3,(H2,26,28)(H,29,31). The Kier molecular flexibility index (Phi) is 6.26. The molecule has 3 N–H and O–H groups in total. The van der Waals surface area contributed by atoms with Gasteiger partial charge in [-0.15, -0.1) is 0 Å². The number of rotatable bonds is 5. The van der Waals surface area contributed by atoms with E-state index in [4.69, 9.17) is 17.3 Å². The Morgan fingerprint density at radius 1 is 1.21 bits per heavy atom. The van der Waals surface area contributed by atoms with Crippen molar-refractivity contribution >= 4 is 39.2 Å². The number of nitrogen functional groups attached to an aromatic ring is 1. The number of nitrogens with two attached hydrogens (primary N) is 1. The summed E-state index contributed by atoms with van der Waals surface area (Å²) < 4.78 is 27.9. The van der Waals surface area contributed by atoms with Crippen molar-refractivity contribution in [1.82, 2.24) is 14.7 Å². The van der Waals surface area contributed by atoms with E-state index in [1.807, 2.05) is 17.0 Å². The number of pyridine rings is 2. The van der Waals surface area contributed by atoms with Crippen LogP contribution < -0.4 is 15.4 Å². The number of hydrogen-bond acceptors (Lipinski definition) is 7. The smallest absolute Gasteiger partial charge is 0.281 e. The first-order valence-corrected chi connectivity index (χ1v) is 12.7. The molecule has 1 saturated heterocycles. The second-order valence-corrected chi connectivity index (χ2v) is 10.9. The summed E-state index contributed by atoms with van der Waals surface area (Å²) in [4.78, 5) is 23.9. The molecule has 1 atom stereocenters. The van der Waals surface area contributed by atoms with Crippen molar-refractivity contribution in [1.29, 1.82) is 0 Å². The third-order valence-corrected chi connectivity index (χ3v) is 8.05. The molecule has 3 aromatic rings. The molecule has 1 fully saturated rings. The summed E-state index contributed by atoms with van der Waals surface area (Å²) in [5.41, 5.74) is 6.77. The van der Waals surface area contributed by atoms with Gasteiger partial charge in [-0.2, -0.15) is 8.42 Å². The van der Waals surface area contributed by atoms with Gasteiger partial charge in [-0.1, -0.05) is 42.8 Å². The number of nitrogens with zero attached hydrogens (tertiary/aromatic N) is 3. The Morgan fingerprint density at radius 3 is 2.59 bits per heavy atom. The van der Waals surface area contributed by atoms with Gasteiger partial charge in [-0.05, 0) is 50.5 Å². The predicted octanol–water partition coefficient (Wildman–Crippen LogP) is 4.12. The molecular weight excluding hydrogens is 474 g/mol. The third-order valence-electron chi connectivity index (χ3n) is 6.49. The van der Waals surface area contributed by atoms with Crippen LogP contribution in [0.4, 0.5) is 11.6 Å². The molecular formula is C24H26ClN5O3S. The number of anilines is 2. The van der Waals surface area contributed by atoms with E-state index in [-0.39, 0.29) is 21.9 Å². The van der Waals surface area contributed by atoms with Crippen LogP contribution in [0.3, 0.4) is 0 Å². The predicted molar refractivity (Wildman–Crippen MR) is 133 cm³/mol. The van der Waals surface area contributed by atoms with Gasteiger partial charge in [0.1, 0.15) is 11.6 Å². The molecule has 34 heavy (non-hydrogen) atoms. The van der Waals surface area contributed by atoms with Crippen molar-refractivity contribution in [3.63, 3.8) is 0 Å². The van der Waals surface area contributed by atoms with Crippen LogP contribution in [0.2, 0.25) is 5.02 Å². The number of sulfonamides is 1. The maximum absolute atomic E-state index is 13.4. The molecule has 1 amide bonds. The number of carbonyl (C=O) groups is 1. The van der Waals surface area contributed by atoms with Gasteiger partial charge < -0.3 is 10.6 Å². The molecule has 178 valence electrons. The monoisotopic (exact) mass is 499 g/mol. The summed E-state index contributed by atoms with van der Waals surface area (Å²) >= 11 is 6.37. The lowest BCUT2D eigenvalue weighted by atomic mass is 9.90. The first-order valence-electron chi connectivity index (χ1n) is 10.8. The zero-order chi connectivity index (χ0) is 24.7. The van der Waals surface area contributed by atoms with Crippen LogP contribution in [-0.4, -0.2) is 36.4 Å². The molecule has 1 aliphatic rings. The van der Waals surface area contributed by atoms with Gasteiger partial charge in [0.25, 0.3) is 15.9 Å². The van der Waals surface area contributed by atoms with E-state index < -0.39 is 15.9 Å². The molecule has 0 aliphatic carbocycles. The molecule has 1 aromatic carbocycles. The topological polar surface area (TPSA) is 118 Å². The molecule has 0 spiro atoms. The average Bonchev–Trinajstić information content (AvgIpc) is 3.05. The highest BCUT2D eigenvalue weighted by Gasteiger charge is 2.41. The highest BCUT2D eigenvalue weighted by molar-refractivity contribution is 7.90. The van der Waals surface area contributed by atoms with Crippen LogP contribution in [0.25, 0.3) is 11.1 Å². The van der Waals surface area contributed by atoms with Gasteiger partial charge in [-0.25, -0.2) is 14.7 Å². The zero-order valence-corrected chi connectivity index (χ0v) is 20.7. The average molecular weight is 500 g/mol. The Balaban J connectivity index is 1.80. The number of hydrogen-bond donors (Lipinski definition) is 2. The molecule has 4 rings (SSSR count). The van der Waals surface area contributed by atoms with E-state index in [9.17, 15) is 13.2 Å². The van der Waals surface area contributed by atoms with E-state index in [1.54, 1.807) is 24.4 Å². The summed E-state index contributed by atoms with van der Waals surface area (Å²) in [5, 5.41) is 0.155. The summed E-state index contributed by atoms with van der Waals surface area (Å²) in [6.07, 6.45) is 2.58. The molecule has 10 heteroatoms. The van der Waals surface area contributed by atoms with Gasteiger partial charge in [-0.3, -0.25) is 4.79 Å². The number of nitrogens with one attached hydrogen (secondary N) is 1. The molecule has 0 saturated carbocycles. The third kappa shape index (κ3) is 4.45. The minimum Gasteiger partial charge on any atom is -0.384 e. The van der Waals surface area contributed by atoms with Crippen LogP contribution in [-0.2, 0) is 10.0 Å². The van der Waals surface area contributed by atoms with Crippen LogP contribution in [0.1, 0.15) is 37.6 Å². The minimum atomic E-state index is -4.26. The van der Waals surface area contributed by atoms with Crippen molar-refractivity contribution in [3.05, 3.63) is 65.3 Å². The second kappa shape index (κ2) is 8.88. The van der Waals surface area contributed by atoms with E-state index >= 15 is 0 Å². The van der Waals surface area contributed by atoms with Crippen LogP contribution in [0, 0.1) is 5.92 Å². The van der Waals surface area contributed by atoms with Gasteiger partial charge >= 0.3 is 0 Å².